The summed E-state index contributed by atoms with van der Waals surface area (Å²) in [6.07, 6.45) is 9.31. The van der Waals surface area contributed by atoms with Crippen LogP contribution in [0.2, 0.25) is 0 Å². The van der Waals surface area contributed by atoms with Gasteiger partial charge in [-0.3, -0.25) is 9.55 Å². The molecule has 0 aliphatic heterocycles. The van der Waals surface area contributed by atoms with E-state index in [1.165, 1.54) is 30.4 Å². The first-order chi connectivity index (χ1) is 11.4. The van der Waals surface area contributed by atoms with Crippen molar-refractivity contribution in [2.24, 2.45) is 0 Å². The molecule has 2 heterocycles. The van der Waals surface area contributed by atoms with E-state index in [4.69, 9.17) is 0 Å². The molecule has 1 aromatic carbocycles. The molecule has 116 valence electrons. The van der Waals surface area contributed by atoms with E-state index in [1.54, 1.807) is 18.7 Å². The molecule has 1 aliphatic rings. The van der Waals surface area contributed by atoms with Crippen LogP contribution in [-0.4, -0.2) is 19.7 Å². The number of nitrogens with one attached hydrogen (secondary N) is 1. The molecule has 4 rings (SSSR count). The average Bonchev–Trinajstić information content (AvgIpc) is 2.95. The van der Waals surface area contributed by atoms with Gasteiger partial charge in [0, 0.05) is 6.20 Å². The van der Waals surface area contributed by atoms with Crippen LogP contribution in [0.1, 0.15) is 36.3 Å². The van der Waals surface area contributed by atoms with E-state index in [2.05, 4.69) is 44.8 Å². The van der Waals surface area contributed by atoms with Crippen LogP contribution in [0.4, 0.5) is 11.6 Å². The van der Waals surface area contributed by atoms with Gasteiger partial charge in [0.15, 0.2) is 0 Å². The fourth-order valence-electron chi connectivity index (χ4n) is 2.87. The molecule has 0 spiro atoms. The Morgan fingerprint density at radius 2 is 2.00 bits per heavy atom. The van der Waals surface area contributed by atoms with E-state index in [-0.39, 0.29) is 0 Å². The van der Waals surface area contributed by atoms with E-state index < -0.39 is 0 Å². The van der Waals surface area contributed by atoms with Crippen LogP contribution >= 0.6 is 0 Å². The maximum Gasteiger partial charge on any atom is 0.229 e. The molecule has 2 aromatic heterocycles. The van der Waals surface area contributed by atoms with Gasteiger partial charge in [-0.2, -0.15) is 0 Å². The van der Waals surface area contributed by atoms with Gasteiger partial charge in [0.1, 0.15) is 6.33 Å². The van der Waals surface area contributed by atoms with Crippen LogP contribution in [0.3, 0.4) is 0 Å². The Hall–Kier alpha value is -2.69. The smallest absolute Gasteiger partial charge is 0.229 e. The quantitative estimate of drug-likeness (QED) is 0.780. The number of aromatic nitrogens is 4. The highest BCUT2D eigenvalue weighted by atomic mass is 15.3. The SMILES string of the molecule is c1cncc(Nc2nncn2Cc2ccc(C3CCC3)cc2)c1. The fraction of sp³-hybridized carbons (Fsp3) is 0.278. The lowest BCUT2D eigenvalue weighted by molar-refractivity contribution is 0.419. The van der Waals surface area contributed by atoms with Gasteiger partial charge in [0.25, 0.3) is 0 Å². The molecule has 23 heavy (non-hydrogen) atoms. The third-order valence-corrected chi connectivity index (χ3v) is 4.44. The topological polar surface area (TPSA) is 55.6 Å². The highest BCUT2D eigenvalue weighted by Crippen LogP contribution is 2.36. The minimum absolute atomic E-state index is 0.723. The molecular weight excluding hydrogens is 286 g/mol. The molecule has 3 aromatic rings. The summed E-state index contributed by atoms with van der Waals surface area (Å²) in [6, 6.07) is 12.8. The molecule has 0 bridgehead atoms. The summed E-state index contributed by atoms with van der Waals surface area (Å²) in [6.45, 7) is 0.751. The number of nitrogens with zero attached hydrogens (tertiary/aromatic N) is 4. The molecule has 5 nitrogen and oxygen atoms in total. The molecule has 0 radical (unpaired) electrons. The van der Waals surface area contributed by atoms with Gasteiger partial charge >= 0.3 is 0 Å². The van der Waals surface area contributed by atoms with Crippen molar-refractivity contribution in [3.05, 3.63) is 66.2 Å². The van der Waals surface area contributed by atoms with Crippen molar-refractivity contribution in [1.82, 2.24) is 19.7 Å². The van der Waals surface area contributed by atoms with Crippen molar-refractivity contribution in [2.75, 3.05) is 5.32 Å². The summed E-state index contributed by atoms with van der Waals surface area (Å²) >= 11 is 0. The predicted molar refractivity (Wildman–Crippen MR) is 89.7 cm³/mol. The Labute approximate surface area is 135 Å². The van der Waals surface area contributed by atoms with Crippen molar-refractivity contribution in [3.63, 3.8) is 0 Å². The largest absolute Gasteiger partial charge is 0.323 e. The highest BCUT2D eigenvalue weighted by Gasteiger charge is 2.18. The second-order valence-corrected chi connectivity index (χ2v) is 6.02. The van der Waals surface area contributed by atoms with E-state index in [1.807, 2.05) is 16.7 Å². The molecule has 1 saturated carbocycles. The van der Waals surface area contributed by atoms with Crippen molar-refractivity contribution < 1.29 is 0 Å². The van der Waals surface area contributed by atoms with E-state index in [9.17, 15) is 0 Å². The van der Waals surface area contributed by atoms with Gasteiger partial charge in [-0.05, 0) is 42.0 Å². The van der Waals surface area contributed by atoms with Gasteiger partial charge < -0.3 is 5.32 Å². The summed E-state index contributed by atoms with van der Waals surface area (Å²) in [7, 11) is 0. The molecule has 0 atom stereocenters. The lowest BCUT2D eigenvalue weighted by Crippen LogP contribution is -2.09. The average molecular weight is 305 g/mol. The van der Waals surface area contributed by atoms with Crippen LogP contribution in [0.15, 0.2) is 55.1 Å². The molecule has 0 saturated heterocycles. The number of hydrogen-bond donors (Lipinski definition) is 1. The van der Waals surface area contributed by atoms with Crippen LogP contribution in [0.25, 0.3) is 0 Å². The van der Waals surface area contributed by atoms with Crippen molar-refractivity contribution >= 4 is 11.6 Å². The summed E-state index contributed by atoms with van der Waals surface area (Å²) in [5.41, 5.74) is 3.63. The van der Waals surface area contributed by atoms with E-state index in [0.717, 1.165) is 24.1 Å². The standard InChI is InChI=1S/C18H19N5/c1-3-15(4-1)16-8-6-14(7-9-16)12-23-13-20-22-18(23)21-17-5-2-10-19-11-17/h2,5-11,13,15H,1,3-4,12H2,(H,21,22). The number of rotatable bonds is 5. The number of benzene rings is 1. The highest BCUT2D eigenvalue weighted by molar-refractivity contribution is 5.51. The van der Waals surface area contributed by atoms with Gasteiger partial charge in [0.2, 0.25) is 5.95 Å². The molecule has 1 fully saturated rings. The van der Waals surface area contributed by atoms with Crippen molar-refractivity contribution in [2.45, 2.75) is 31.7 Å². The van der Waals surface area contributed by atoms with E-state index >= 15 is 0 Å². The Bertz CT molecular complexity index is 760. The molecule has 1 N–H and O–H groups in total. The predicted octanol–water partition coefficient (Wildman–Crippen LogP) is 3.73. The first-order valence-corrected chi connectivity index (χ1v) is 8.02. The van der Waals surface area contributed by atoms with Crippen LogP contribution in [0.5, 0.6) is 0 Å². The first kappa shape index (κ1) is 13.9. The van der Waals surface area contributed by atoms with Crippen molar-refractivity contribution in [1.29, 1.82) is 0 Å². The minimum atomic E-state index is 0.723. The molecule has 0 amide bonds. The van der Waals surface area contributed by atoms with Gasteiger partial charge in [0.05, 0.1) is 18.4 Å². The third-order valence-electron chi connectivity index (χ3n) is 4.44. The summed E-state index contributed by atoms with van der Waals surface area (Å²) < 4.78 is 2.01. The Kier molecular flexibility index (Phi) is 3.76. The summed E-state index contributed by atoms with van der Waals surface area (Å²) in [5, 5.41) is 11.4. The van der Waals surface area contributed by atoms with Gasteiger partial charge in [-0.15, -0.1) is 10.2 Å². The maximum atomic E-state index is 4.15. The van der Waals surface area contributed by atoms with Gasteiger partial charge in [-0.1, -0.05) is 30.7 Å². The number of pyridine rings is 1. The number of hydrogen-bond acceptors (Lipinski definition) is 4. The van der Waals surface area contributed by atoms with Crippen molar-refractivity contribution in [3.8, 4) is 0 Å². The molecule has 0 unspecified atom stereocenters. The lowest BCUT2D eigenvalue weighted by Gasteiger charge is -2.25. The fourth-order valence-corrected chi connectivity index (χ4v) is 2.87. The Balaban J connectivity index is 1.47. The normalized spacial score (nSPS) is 14.4. The monoisotopic (exact) mass is 305 g/mol. The maximum absolute atomic E-state index is 4.15. The minimum Gasteiger partial charge on any atom is -0.323 e. The van der Waals surface area contributed by atoms with Crippen LogP contribution in [0, 0.1) is 0 Å². The summed E-state index contributed by atoms with van der Waals surface area (Å²) in [4.78, 5) is 4.10. The molecule has 5 heteroatoms. The van der Waals surface area contributed by atoms with E-state index in [0.29, 0.717) is 0 Å². The zero-order valence-corrected chi connectivity index (χ0v) is 12.9. The number of anilines is 2. The Morgan fingerprint density at radius 1 is 1.13 bits per heavy atom. The van der Waals surface area contributed by atoms with Crippen LogP contribution in [-0.2, 0) is 6.54 Å². The van der Waals surface area contributed by atoms with Gasteiger partial charge in [-0.25, -0.2) is 0 Å². The zero-order valence-electron chi connectivity index (χ0n) is 12.9. The Morgan fingerprint density at radius 3 is 2.70 bits per heavy atom. The second kappa shape index (κ2) is 6.20. The lowest BCUT2D eigenvalue weighted by atomic mass is 9.80. The molecular formula is C18H19N5. The first-order valence-electron chi connectivity index (χ1n) is 8.02. The summed E-state index contributed by atoms with van der Waals surface area (Å²) in [5.74, 6) is 1.50. The second-order valence-electron chi connectivity index (χ2n) is 6.02. The third kappa shape index (κ3) is 3.08. The van der Waals surface area contributed by atoms with Crippen LogP contribution < -0.4 is 5.32 Å². The zero-order chi connectivity index (χ0) is 15.5. The molecule has 1 aliphatic carbocycles.